The second-order valence-electron chi connectivity index (χ2n) is 6.83. The SMILES string of the molecule is CC(C)(C(=O)N1CCCC1)c1ccccc1C1(N)CC1. The van der Waals surface area contributed by atoms with E-state index in [9.17, 15) is 4.79 Å². The van der Waals surface area contributed by atoms with Crippen LogP contribution < -0.4 is 5.73 Å². The van der Waals surface area contributed by atoms with Crippen LogP contribution in [0.4, 0.5) is 0 Å². The summed E-state index contributed by atoms with van der Waals surface area (Å²) in [6.07, 6.45) is 4.31. The van der Waals surface area contributed by atoms with Gasteiger partial charge in [0.1, 0.15) is 0 Å². The van der Waals surface area contributed by atoms with Gasteiger partial charge in [-0.1, -0.05) is 24.3 Å². The van der Waals surface area contributed by atoms with Crippen molar-refractivity contribution in [3.8, 4) is 0 Å². The van der Waals surface area contributed by atoms with E-state index in [1.807, 2.05) is 30.9 Å². The summed E-state index contributed by atoms with van der Waals surface area (Å²) >= 11 is 0. The minimum Gasteiger partial charge on any atom is -0.342 e. The van der Waals surface area contributed by atoms with Crippen molar-refractivity contribution >= 4 is 5.91 Å². The third-order valence-electron chi connectivity index (χ3n) is 4.85. The third kappa shape index (κ3) is 2.14. The largest absolute Gasteiger partial charge is 0.342 e. The summed E-state index contributed by atoms with van der Waals surface area (Å²) in [6.45, 7) is 5.88. The number of benzene rings is 1. The molecule has 3 nitrogen and oxygen atoms in total. The molecule has 2 aliphatic rings. The van der Waals surface area contributed by atoms with Crippen LogP contribution in [0.2, 0.25) is 0 Å². The predicted molar refractivity (Wildman–Crippen MR) is 80.4 cm³/mol. The Hall–Kier alpha value is -1.35. The molecule has 1 saturated carbocycles. The van der Waals surface area contributed by atoms with Crippen molar-refractivity contribution < 1.29 is 4.79 Å². The summed E-state index contributed by atoms with van der Waals surface area (Å²) < 4.78 is 0. The molecule has 108 valence electrons. The molecule has 2 N–H and O–H groups in total. The van der Waals surface area contributed by atoms with E-state index >= 15 is 0 Å². The molecule has 3 heteroatoms. The quantitative estimate of drug-likeness (QED) is 0.919. The lowest BCUT2D eigenvalue weighted by molar-refractivity contribution is -0.135. The van der Waals surface area contributed by atoms with Crippen molar-refractivity contribution in [3.63, 3.8) is 0 Å². The smallest absolute Gasteiger partial charge is 0.232 e. The van der Waals surface area contributed by atoms with Gasteiger partial charge in [-0.15, -0.1) is 0 Å². The zero-order chi connectivity index (χ0) is 14.4. The summed E-state index contributed by atoms with van der Waals surface area (Å²) in [5, 5.41) is 0. The molecule has 3 rings (SSSR count). The number of carbonyl (C=O) groups excluding carboxylic acids is 1. The maximum Gasteiger partial charge on any atom is 0.232 e. The van der Waals surface area contributed by atoms with Gasteiger partial charge in [0.05, 0.1) is 5.41 Å². The van der Waals surface area contributed by atoms with Crippen LogP contribution in [0.3, 0.4) is 0 Å². The van der Waals surface area contributed by atoms with Gasteiger partial charge in [-0.05, 0) is 50.7 Å². The molecule has 1 amide bonds. The van der Waals surface area contributed by atoms with Crippen LogP contribution in [0.1, 0.15) is 50.7 Å². The van der Waals surface area contributed by atoms with E-state index in [-0.39, 0.29) is 11.4 Å². The number of amides is 1. The van der Waals surface area contributed by atoms with Gasteiger partial charge < -0.3 is 10.6 Å². The second kappa shape index (κ2) is 4.59. The van der Waals surface area contributed by atoms with Crippen molar-refractivity contribution in [1.29, 1.82) is 0 Å². The molecular formula is C17H24N2O. The van der Waals surface area contributed by atoms with E-state index in [1.54, 1.807) is 0 Å². The molecule has 1 aromatic carbocycles. The minimum atomic E-state index is -0.490. The number of nitrogens with zero attached hydrogens (tertiary/aromatic N) is 1. The highest BCUT2D eigenvalue weighted by atomic mass is 16.2. The first-order valence-electron chi connectivity index (χ1n) is 7.63. The van der Waals surface area contributed by atoms with Crippen molar-refractivity contribution in [2.75, 3.05) is 13.1 Å². The van der Waals surface area contributed by atoms with Crippen LogP contribution in [0.25, 0.3) is 0 Å². The maximum atomic E-state index is 12.9. The van der Waals surface area contributed by atoms with Crippen molar-refractivity contribution in [2.45, 2.75) is 50.5 Å². The highest BCUT2D eigenvalue weighted by Crippen LogP contribution is 2.46. The summed E-state index contributed by atoms with van der Waals surface area (Å²) in [5.74, 6) is 0.242. The fraction of sp³-hybridized carbons (Fsp3) is 0.588. The summed E-state index contributed by atoms with van der Waals surface area (Å²) in [5.41, 5.74) is 7.98. The van der Waals surface area contributed by atoms with Crippen molar-refractivity contribution in [1.82, 2.24) is 4.90 Å². The molecule has 1 saturated heterocycles. The molecule has 1 aliphatic carbocycles. The number of carbonyl (C=O) groups is 1. The maximum absolute atomic E-state index is 12.9. The van der Waals surface area contributed by atoms with Crippen LogP contribution in [-0.4, -0.2) is 23.9 Å². The highest BCUT2D eigenvalue weighted by Gasteiger charge is 2.45. The molecule has 0 radical (unpaired) electrons. The molecule has 1 aromatic rings. The normalized spacial score (nSPS) is 21.1. The molecule has 0 aromatic heterocycles. The second-order valence-corrected chi connectivity index (χ2v) is 6.83. The first kappa shape index (κ1) is 13.6. The van der Waals surface area contributed by atoms with Gasteiger partial charge in [0, 0.05) is 18.6 Å². The van der Waals surface area contributed by atoms with Crippen LogP contribution in [0, 0.1) is 0 Å². The Bertz CT molecular complexity index is 526. The van der Waals surface area contributed by atoms with Crippen molar-refractivity contribution in [2.24, 2.45) is 5.73 Å². The van der Waals surface area contributed by atoms with Gasteiger partial charge in [-0.3, -0.25) is 4.79 Å². The van der Waals surface area contributed by atoms with Crippen LogP contribution >= 0.6 is 0 Å². The molecule has 1 aliphatic heterocycles. The van der Waals surface area contributed by atoms with Crippen LogP contribution in [0.15, 0.2) is 24.3 Å². The summed E-state index contributed by atoms with van der Waals surface area (Å²) in [6, 6.07) is 8.23. The average molecular weight is 272 g/mol. The van der Waals surface area contributed by atoms with E-state index in [0.717, 1.165) is 49.9 Å². The van der Waals surface area contributed by atoms with Gasteiger partial charge in [0.15, 0.2) is 0 Å². The van der Waals surface area contributed by atoms with Crippen LogP contribution in [0.5, 0.6) is 0 Å². The lowest BCUT2D eigenvalue weighted by atomic mass is 9.78. The van der Waals surface area contributed by atoms with E-state index in [2.05, 4.69) is 12.1 Å². The van der Waals surface area contributed by atoms with E-state index < -0.39 is 5.41 Å². The Morgan fingerprint density at radius 2 is 1.80 bits per heavy atom. The first-order chi connectivity index (χ1) is 9.45. The molecule has 0 bridgehead atoms. The summed E-state index contributed by atoms with van der Waals surface area (Å²) in [7, 11) is 0. The van der Waals surface area contributed by atoms with Crippen molar-refractivity contribution in [3.05, 3.63) is 35.4 Å². The third-order valence-corrected chi connectivity index (χ3v) is 4.85. The molecule has 20 heavy (non-hydrogen) atoms. The Kier molecular flexibility index (Phi) is 3.13. The molecule has 0 atom stereocenters. The Morgan fingerprint density at radius 1 is 1.20 bits per heavy atom. The Morgan fingerprint density at radius 3 is 2.40 bits per heavy atom. The van der Waals surface area contributed by atoms with Gasteiger partial charge in [-0.2, -0.15) is 0 Å². The number of likely N-dealkylation sites (tertiary alicyclic amines) is 1. The first-order valence-corrected chi connectivity index (χ1v) is 7.63. The molecule has 1 heterocycles. The number of rotatable bonds is 3. The zero-order valence-corrected chi connectivity index (χ0v) is 12.5. The van der Waals surface area contributed by atoms with Gasteiger partial charge in [0.2, 0.25) is 5.91 Å². The zero-order valence-electron chi connectivity index (χ0n) is 12.5. The van der Waals surface area contributed by atoms with Crippen LogP contribution in [-0.2, 0) is 15.7 Å². The highest BCUT2D eigenvalue weighted by molar-refractivity contribution is 5.88. The monoisotopic (exact) mass is 272 g/mol. The van der Waals surface area contributed by atoms with Gasteiger partial charge in [0.25, 0.3) is 0 Å². The molecule has 0 unspecified atom stereocenters. The average Bonchev–Trinajstić information content (AvgIpc) is 2.98. The van der Waals surface area contributed by atoms with E-state index in [0.29, 0.717) is 0 Å². The number of hydrogen-bond acceptors (Lipinski definition) is 2. The van der Waals surface area contributed by atoms with Gasteiger partial charge >= 0.3 is 0 Å². The number of nitrogens with two attached hydrogens (primary N) is 1. The van der Waals surface area contributed by atoms with E-state index in [1.165, 1.54) is 0 Å². The lowest BCUT2D eigenvalue weighted by Gasteiger charge is -2.32. The fourth-order valence-electron chi connectivity index (χ4n) is 3.30. The topological polar surface area (TPSA) is 46.3 Å². The molecule has 0 spiro atoms. The Labute approximate surface area is 121 Å². The minimum absolute atomic E-state index is 0.195. The predicted octanol–water partition coefficient (Wildman–Crippen LogP) is 2.53. The van der Waals surface area contributed by atoms with E-state index in [4.69, 9.17) is 5.73 Å². The fourth-order valence-corrected chi connectivity index (χ4v) is 3.30. The number of hydrogen-bond donors (Lipinski definition) is 1. The molecular weight excluding hydrogens is 248 g/mol. The Balaban J connectivity index is 1.96. The summed E-state index contributed by atoms with van der Waals surface area (Å²) in [4.78, 5) is 14.9. The van der Waals surface area contributed by atoms with Gasteiger partial charge in [-0.25, -0.2) is 0 Å². The standard InChI is InChI=1S/C17H24N2O/c1-16(2,15(20)19-11-5-6-12-19)13-7-3-4-8-14(13)17(18)9-10-17/h3-4,7-8H,5-6,9-12,18H2,1-2H3. The lowest BCUT2D eigenvalue weighted by Crippen LogP contribution is -2.43. The molecule has 2 fully saturated rings.